The Morgan fingerprint density at radius 3 is 2.84 bits per heavy atom. The maximum Gasteiger partial charge on any atom is 0.0481 e. The van der Waals surface area contributed by atoms with E-state index in [9.17, 15) is 0 Å². The van der Waals surface area contributed by atoms with Crippen LogP contribution in [0, 0.1) is 0 Å². The fourth-order valence-electron chi connectivity index (χ4n) is 2.61. The molecule has 1 saturated heterocycles. The molecule has 1 heterocycles. The van der Waals surface area contributed by atoms with Gasteiger partial charge in [-0.3, -0.25) is 4.90 Å². The molecule has 1 aromatic carbocycles. The van der Waals surface area contributed by atoms with E-state index in [-0.39, 0.29) is 0 Å². The first kappa shape index (κ1) is 14.4. The van der Waals surface area contributed by atoms with Crippen molar-refractivity contribution in [2.24, 2.45) is 0 Å². The Morgan fingerprint density at radius 1 is 1.32 bits per heavy atom. The molecule has 0 radical (unpaired) electrons. The number of hydrogen-bond acceptors (Lipinski definition) is 3. The standard InChI is InChI=1S/C16H26N2O/c1-14(8-11-19-2)17-16-7-5-6-15(12-16)13-18-9-3-4-10-18/h5-7,12,14,17H,3-4,8-11,13H2,1-2H3. The number of likely N-dealkylation sites (tertiary alicyclic amines) is 1. The highest BCUT2D eigenvalue weighted by Gasteiger charge is 2.11. The summed E-state index contributed by atoms with van der Waals surface area (Å²) < 4.78 is 5.12. The third kappa shape index (κ3) is 4.84. The van der Waals surface area contributed by atoms with Gasteiger partial charge in [0.1, 0.15) is 0 Å². The van der Waals surface area contributed by atoms with Crippen LogP contribution in [0.2, 0.25) is 0 Å². The van der Waals surface area contributed by atoms with E-state index in [0.29, 0.717) is 6.04 Å². The van der Waals surface area contributed by atoms with Crippen molar-refractivity contribution in [2.75, 3.05) is 32.1 Å². The molecule has 106 valence electrons. The van der Waals surface area contributed by atoms with Gasteiger partial charge in [-0.15, -0.1) is 0 Å². The van der Waals surface area contributed by atoms with Gasteiger partial charge in [0.05, 0.1) is 0 Å². The highest BCUT2D eigenvalue weighted by Crippen LogP contribution is 2.17. The molecule has 1 aromatic rings. The molecule has 3 heteroatoms. The lowest BCUT2D eigenvalue weighted by atomic mass is 10.1. The smallest absolute Gasteiger partial charge is 0.0481 e. The third-order valence-electron chi connectivity index (χ3n) is 3.70. The molecule has 1 unspecified atom stereocenters. The summed E-state index contributed by atoms with van der Waals surface area (Å²) in [6.45, 7) is 6.60. The Kier molecular flexibility index (Phi) is 5.67. The molecular formula is C16H26N2O. The quantitative estimate of drug-likeness (QED) is 0.817. The van der Waals surface area contributed by atoms with Gasteiger partial charge in [-0.2, -0.15) is 0 Å². The molecule has 2 rings (SSSR count). The first-order chi connectivity index (χ1) is 9.28. The summed E-state index contributed by atoms with van der Waals surface area (Å²) in [7, 11) is 1.75. The predicted octanol–water partition coefficient (Wildman–Crippen LogP) is 3.12. The molecule has 0 amide bonds. The third-order valence-corrected chi connectivity index (χ3v) is 3.70. The minimum Gasteiger partial charge on any atom is -0.385 e. The van der Waals surface area contributed by atoms with E-state index in [1.807, 2.05) is 0 Å². The molecule has 0 spiro atoms. The van der Waals surface area contributed by atoms with Gasteiger partial charge in [-0.05, 0) is 57.0 Å². The van der Waals surface area contributed by atoms with Gasteiger partial charge in [0.25, 0.3) is 0 Å². The lowest BCUT2D eigenvalue weighted by Gasteiger charge is -2.18. The number of anilines is 1. The van der Waals surface area contributed by atoms with Crippen LogP contribution in [0.25, 0.3) is 0 Å². The highest BCUT2D eigenvalue weighted by atomic mass is 16.5. The Morgan fingerprint density at radius 2 is 2.11 bits per heavy atom. The Hall–Kier alpha value is -1.06. The van der Waals surface area contributed by atoms with E-state index in [1.54, 1.807) is 7.11 Å². The van der Waals surface area contributed by atoms with Gasteiger partial charge in [0.2, 0.25) is 0 Å². The molecule has 3 nitrogen and oxygen atoms in total. The average molecular weight is 262 g/mol. The molecule has 0 saturated carbocycles. The topological polar surface area (TPSA) is 24.5 Å². The summed E-state index contributed by atoms with van der Waals surface area (Å²) in [6.07, 6.45) is 3.74. The number of benzene rings is 1. The van der Waals surface area contributed by atoms with Crippen molar-refractivity contribution in [3.63, 3.8) is 0 Å². The SMILES string of the molecule is COCCC(C)Nc1cccc(CN2CCCC2)c1. The van der Waals surface area contributed by atoms with E-state index in [4.69, 9.17) is 4.74 Å². The minimum absolute atomic E-state index is 0.446. The average Bonchev–Trinajstić information content (AvgIpc) is 2.89. The fourth-order valence-corrected chi connectivity index (χ4v) is 2.61. The van der Waals surface area contributed by atoms with Gasteiger partial charge in [-0.25, -0.2) is 0 Å². The van der Waals surface area contributed by atoms with E-state index in [1.165, 1.54) is 37.2 Å². The molecule has 1 aliphatic heterocycles. The van der Waals surface area contributed by atoms with Gasteiger partial charge in [0, 0.05) is 32.0 Å². The van der Waals surface area contributed by atoms with Crippen molar-refractivity contribution in [3.8, 4) is 0 Å². The number of nitrogens with one attached hydrogen (secondary N) is 1. The molecule has 1 atom stereocenters. The summed E-state index contributed by atoms with van der Waals surface area (Å²) >= 11 is 0. The Bertz CT molecular complexity index is 375. The first-order valence-electron chi connectivity index (χ1n) is 7.34. The van der Waals surface area contributed by atoms with Crippen LogP contribution in [0.4, 0.5) is 5.69 Å². The maximum atomic E-state index is 5.12. The van der Waals surface area contributed by atoms with Crippen LogP contribution in [-0.4, -0.2) is 37.7 Å². The lowest BCUT2D eigenvalue weighted by molar-refractivity contribution is 0.191. The second-order valence-electron chi connectivity index (χ2n) is 5.51. The van der Waals surface area contributed by atoms with Crippen LogP contribution in [0.15, 0.2) is 24.3 Å². The summed E-state index contributed by atoms with van der Waals surface area (Å²) in [6, 6.07) is 9.25. The molecule has 1 fully saturated rings. The van der Waals surface area contributed by atoms with Crippen molar-refractivity contribution in [1.29, 1.82) is 0 Å². The molecular weight excluding hydrogens is 236 g/mol. The van der Waals surface area contributed by atoms with Crippen LogP contribution < -0.4 is 5.32 Å². The zero-order valence-electron chi connectivity index (χ0n) is 12.2. The van der Waals surface area contributed by atoms with Gasteiger partial charge in [0.15, 0.2) is 0 Å². The van der Waals surface area contributed by atoms with E-state index >= 15 is 0 Å². The zero-order chi connectivity index (χ0) is 13.5. The number of methoxy groups -OCH3 is 1. The normalized spacial score (nSPS) is 17.6. The Balaban J connectivity index is 1.87. The monoisotopic (exact) mass is 262 g/mol. The Labute approximate surface area is 116 Å². The van der Waals surface area contributed by atoms with Crippen molar-refractivity contribution in [2.45, 2.75) is 38.8 Å². The lowest BCUT2D eigenvalue weighted by Crippen LogP contribution is -2.19. The van der Waals surface area contributed by atoms with Crippen molar-refractivity contribution in [3.05, 3.63) is 29.8 Å². The van der Waals surface area contributed by atoms with E-state index in [2.05, 4.69) is 41.4 Å². The number of hydrogen-bond donors (Lipinski definition) is 1. The summed E-state index contributed by atoms with van der Waals surface area (Å²) in [5, 5.41) is 3.54. The van der Waals surface area contributed by atoms with Crippen molar-refractivity contribution < 1.29 is 4.74 Å². The summed E-state index contributed by atoms with van der Waals surface area (Å²) in [5.74, 6) is 0. The zero-order valence-corrected chi connectivity index (χ0v) is 12.2. The number of nitrogens with zero attached hydrogens (tertiary/aromatic N) is 1. The maximum absolute atomic E-state index is 5.12. The largest absolute Gasteiger partial charge is 0.385 e. The number of rotatable bonds is 7. The van der Waals surface area contributed by atoms with E-state index < -0.39 is 0 Å². The van der Waals surface area contributed by atoms with Crippen LogP contribution in [-0.2, 0) is 11.3 Å². The second kappa shape index (κ2) is 7.51. The van der Waals surface area contributed by atoms with Gasteiger partial charge < -0.3 is 10.1 Å². The van der Waals surface area contributed by atoms with Gasteiger partial charge in [-0.1, -0.05) is 12.1 Å². The molecule has 1 aliphatic rings. The molecule has 0 aromatic heterocycles. The first-order valence-corrected chi connectivity index (χ1v) is 7.34. The summed E-state index contributed by atoms with van der Waals surface area (Å²) in [5.41, 5.74) is 2.63. The summed E-state index contributed by atoms with van der Waals surface area (Å²) in [4.78, 5) is 2.54. The van der Waals surface area contributed by atoms with Crippen LogP contribution >= 0.6 is 0 Å². The van der Waals surface area contributed by atoms with Crippen molar-refractivity contribution in [1.82, 2.24) is 4.90 Å². The van der Waals surface area contributed by atoms with Crippen LogP contribution in [0.3, 0.4) is 0 Å². The second-order valence-corrected chi connectivity index (χ2v) is 5.51. The van der Waals surface area contributed by atoms with Gasteiger partial charge >= 0.3 is 0 Å². The van der Waals surface area contributed by atoms with E-state index in [0.717, 1.165) is 19.6 Å². The molecule has 0 aliphatic carbocycles. The predicted molar refractivity (Wildman–Crippen MR) is 80.5 cm³/mol. The molecule has 1 N–H and O–H groups in total. The van der Waals surface area contributed by atoms with Crippen LogP contribution in [0.5, 0.6) is 0 Å². The fraction of sp³-hybridized carbons (Fsp3) is 0.625. The minimum atomic E-state index is 0.446. The number of ether oxygens (including phenoxy) is 1. The molecule has 19 heavy (non-hydrogen) atoms. The molecule has 0 bridgehead atoms. The van der Waals surface area contributed by atoms with Crippen LogP contribution in [0.1, 0.15) is 31.7 Å². The van der Waals surface area contributed by atoms with Crippen molar-refractivity contribution >= 4 is 5.69 Å². The highest BCUT2D eigenvalue weighted by molar-refractivity contribution is 5.46.